The fourth-order valence-electron chi connectivity index (χ4n) is 2.41. The molecule has 1 unspecified atom stereocenters. The van der Waals surface area contributed by atoms with Crippen molar-refractivity contribution in [1.29, 1.82) is 5.26 Å². The summed E-state index contributed by atoms with van der Waals surface area (Å²) in [6.45, 7) is 4.38. The van der Waals surface area contributed by atoms with Gasteiger partial charge in [-0.3, -0.25) is 4.79 Å². The molecule has 0 aromatic rings. The van der Waals surface area contributed by atoms with Crippen molar-refractivity contribution < 1.29 is 4.79 Å². The SMILES string of the molecule is CC1(C)CCCC1NC(=O)C1(C#N)CC1. The topological polar surface area (TPSA) is 52.9 Å². The first-order valence-corrected chi connectivity index (χ1v) is 5.72. The predicted molar refractivity (Wildman–Crippen MR) is 56.8 cm³/mol. The Morgan fingerprint density at radius 1 is 1.40 bits per heavy atom. The molecular weight excluding hydrogens is 188 g/mol. The molecule has 2 aliphatic carbocycles. The van der Waals surface area contributed by atoms with Crippen LogP contribution in [-0.2, 0) is 4.79 Å². The first-order valence-electron chi connectivity index (χ1n) is 5.72. The summed E-state index contributed by atoms with van der Waals surface area (Å²) >= 11 is 0. The van der Waals surface area contributed by atoms with Crippen molar-refractivity contribution in [2.75, 3.05) is 0 Å². The summed E-state index contributed by atoms with van der Waals surface area (Å²) in [6.07, 6.45) is 4.88. The molecule has 82 valence electrons. The molecular formula is C12H18N2O. The molecule has 0 aromatic carbocycles. The highest BCUT2D eigenvalue weighted by molar-refractivity contribution is 5.88. The van der Waals surface area contributed by atoms with Gasteiger partial charge >= 0.3 is 0 Å². The lowest BCUT2D eigenvalue weighted by molar-refractivity contribution is -0.125. The average Bonchev–Trinajstić information content (AvgIpc) is 2.90. The Balaban J connectivity index is 1.98. The minimum atomic E-state index is -0.668. The maximum atomic E-state index is 11.9. The molecule has 1 amide bonds. The van der Waals surface area contributed by atoms with E-state index in [2.05, 4.69) is 25.2 Å². The van der Waals surface area contributed by atoms with Gasteiger partial charge < -0.3 is 5.32 Å². The molecule has 1 N–H and O–H groups in total. The number of hydrogen-bond acceptors (Lipinski definition) is 2. The van der Waals surface area contributed by atoms with Crippen molar-refractivity contribution in [3.05, 3.63) is 0 Å². The fourth-order valence-corrected chi connectivity index (χ4v) is 2.41. The van der Waals surface area contributed by atoms with Gasteiger partial charge in [-0.05, 0) is 31.1 Å². The lowest BCUT2D eigenvalue weighted by Crippen LogP contribution is -2.44. The number of rotatable bonds is 2. The van der Waals surface area contributed by atoms with Crippen LogP contribution in [0.25, 0.3) is 0 Å². The van der Waals surface area contributed by atoms with Gasteiger partial charge in [-0.1, -0.05) is 20.3 Å². The second-order valence-electron chi connectivity index (χ2n) is 5.60. The molecule has 2 fully saturated rings. The summed E-state index contributed by atoms with van der Waals surface area (Å²) in [5.74, 6) is -0.0371. The van der Waals surface area contributed by atoms with Crippen LogP contribution in [0.1, 0.15) is 46.0 Å². The van der Waals surface area contributed by atoms with Crippen molar-refractivity contribution in [2.45, 2.75) is 52.0 Å². The first-order chi connectivity index (χ1) is 7.00. The molecule has 3 heteroatoms. The van der Waals surface area contributed by atoms with Gasteiger partial charge in [0.1, 0.15) is 5.41 Å². The highest BCUT2D eigenvalue weighted by atomic mass is 16.2. The molecule has 0 heterocycles. The van der Waals surface area contributed by atoms with Gasteiger partial charge in [-0.25, -0.2) is 0 Å². The zero-order chi connectivity index (χ0) is 11.1. The Kier molecular flexibility index (Phi) is 2.26. The fraction of sp³-hybridized carbons (Fsp3) is 0.833. The van der Waals surface area contributed by atoms with Crippen molar-refractivity contribution in [2.24, 2.45) is 10.8 Å². The Bertz CT molecular complexity index is 323. The Hall–Kier alpha value is -1.04. The van der Waals surface area contributed by atoms with Crippen LogP contribution < -0.4 is 5.32 Å². The van der Waals surface area contributed by atoms with Crippen LogP contribution in [-0.4, -0.2) is 11.9 Å². The molecule has 0 aliphatic heterocycles. The van der Waals surface area contributed by atoms with Gasteiger partial charge in [0.2, 0.25) is 5.91 Å². The smallest absolute Gasteiger partial charge is 0.240 e. The Morgan fingerprint density at radius 2 is 2.07 bits per heavy atom. The van der Waals surface area contributed by atoms with Crippen LogP contribution in [0.4, 0.5) is 0 Å². The molecule has 0 spiro atoms. The molecule has 0 aromatic heterocycles. The number of carbonyl (C=O) groups excluding carboxylic acids is 1. The van der Waals surface area contributed by atoms with E-state index < -0.39 is 5.41 Å². The number of carbonyl (C=O) groups is 1. The van der Waals surface area contributed by atoms with Crippen LogP contribution in [0.5, 0.6) is 0 Å². The molecule has 0 bridgehead atoms. The third kappa shape index (κ3) is 1.73. The minimum Gasteiger partial charge on any atom is -0.351 e. The second kappa shape index (κ2) is 3.23. The van der Waals surface area contributed by atoms with Crippen molar-refractivity contribution in [3.63, 3.8) is 0 Å². The van der Waals surface area contributed by atoms with Gasteiger partial charge in [0, 0.05) is 6.04 Å². The summed E-state index contributed by atoms with van der Waals surface area (Å²) in [5, 5.41) is 12.0. The van der Waals surface area contributed by atoms with E-state index in [9.17, 15) is 4.79 Å². The first kappa shape index (κ1) is 10.5. The van der Waals surface area contributed by atoms with Gasteiger partial charge in [-0.15, -0.1) is 0 Å². The average molecular weight is 206 g/mol. The zero-order valence-electron chi connectivity index (χ0n) is 9.47. The number of hydrogen-bond donors (Lipinski definition) is 1. The minimum absolute atomic E-state index is 0.0371. The van der Waals surface area contributed by atoms with Gasteiger partial charge in [0.05, 0.1) is 6.07 Å². The van der Waals surface area contributed by atoms with E-state index in [1.807, 2.05) is 0 Å². The van der Waals surface area contributed by atoms with E-state index in [-0.39, 0.29) is 17.4 Å². The number of nitrogens with one attached hydrogen (secondary N) is 1. The molecule has 2 saturated carbocycles. The van der Waals surface area contributed by atoms with Gasteiger partial charge in [0.25, 0.3) is 0 Å². The quantitative estimate of drug-likeness (QED) is 0.751. The van der Waals surface area contributed by atoms with Crippen LogP contribution in [0, 0.1) is 22.2 Å². The van der Waals surface area contributed by atoms with Crippen LogP contribution in [0.15, 0.2) is 0 Å². The third-order valence-electron chi connectivity index (χ3n) is 3.96. The number of amides is 1. The standard InChI is InChI=1S/C12H18N2O/c1-11(2)5-3-4-9(11)14-10(15)12(8-13)6-7-12/h9H,3-7H2,1-2H3,(H,14,15). The molecule has 15 heavy (non-hydrogen) atoms. The Morgan fingerprint density at radius 3 is 2.47 bits per heavy atom. The normalized spacial score (nSPS) is 30.6. The molecule has 2 rings (SSSR count). The van der Waals surface area contributed by atoms with Gasteiger partial charge in [0.15, 0.2) is 0 Å². The molecule has 2 aliphatic rings. The Labute approximate surface area is 90.8 Å². The summed E-state index contributed by atoms with van der Waals surface area (Å²) in [6, 6.07) is 2.40. The lowest BCUT2D eigenvalue weighted by Gasteiger charge is -2.28. The van der Waals surface area contributed by atoms with E-state index in [0.29, 0.717) is 0 Å². The third-order valence-corrected chi connectivity index (χ3v) is 3.96. The maximum absolute atomic E-state index is 11.9. The summed E-state index contributed by atoms with van der Waals surface area (Å²) in [7, 11) is 0. The number of nitriles is 1. The highest BCUT2D eigenvalue weighted by Gasteiger charge is 2.52. The molecule has 3 nitrogen and oxygen atoms in total. The summed E-state index contributed by atoms with van der Waals surface area (Å²) in [5.41, 5.74) is -0.472. The largest absolute Gasteiger partial charge is 0.351 e. The molecule has 0 saturated heterocycles. The van der Waals surface area contributed by atoms with Crippen molar-refractivity contribution in [1.82, 2.24) is 5.32 Å². The summed E-state index contributed by atoms with van der Waals surface area (Å²) < 4.78 is 0. The van der Waals surface area contributed by atoms with E-state index in [1.54, 1.807) is 0 Å². The predicted octanol–water partition coefficient (Wildman–Crippen LogP) is 1.99. The van der Waals surface area contributed by atoms with Crippen LogP contribution in [0.3, 0.4) is 0 Å². The monoisotopic (exact) mass is 206 g/mol. The van der Waals surface area contributed by atoms with Gasteiger partial charge in [-0.2, -0.15) is 5.26 Å². The van der Waals surface area contributed by atoms with E-state index in [4.69, 9.17) is 5.26 Å². The zero-order valence-corrected chi connectivity index (χ0v) is 9.47. The van der Waals surface area contributed by atoms with Crippen molar-refractivity contribution in [3.8, 4) is 6.07 Å². The van der Waals surface area contributed by atoms with E-state index >= 15 is 0 Å². The van der Waals surface area contributed by atoms with E-state index in [1.165, 1.54) is 6.42 Å². The van der Waals surface area contributed by atoms with E-state index in [0.717, 1.165) is 25.7 Å². The lowest BCUT2D eigenvalue weighted by atomic mass is 9.87. The molecule has 0 radical (unpaired) electrons. The van der Waals surface area contributed by atoms with Crippen molar-refractivity contribution >= 4 is 5.91 Å². The molecule has 1 atom stereocenters. The van der Waals surface area contributed by atoms with Crippen LogP contribution >= 0.6 is 0 Å². The summed E-state index contributed by atoms with van der Waals surface area (Å²) in [4.78, 5) is 11.9. The number of nitrogens with zero attached hydrogens (tertiary/aromatic N) is 1. The highest BCUT2D eigenvalue weighted by Crippen LogP contribution is 2.46. The van der Waals surface area contributed by atoms with Crippen LogP contribution in [0.2, 0.25) is 0 Å². The second-order valence-corrected chi connectivity index (χ2v) is 5.60. The maximum Gasteiger partial charge on any atom is 0.240 e.